The fraction of sp³-hybridized carbons (Fsp3) is 0.455. The normalized spacial score (nSPS) is 15.0. The molecule has 0 bridgehead atoms. The Morgan fingerprint density at radius 2 is 2.00 bits per heavy atom. The molecule has 0 saturated heterocycles. The van der Waals surface area contributed by atoms with Crippen molar-refractivity contribution in [1.29, 1.82) is 0 Å². The number of nitrogens with one attached hydrogen (secondary N) is 1. The number of aliphatic hydroxyl groups excluding tert-OH is 1. The van der Waals surface area contributed by atoms with E-state index in [2.05, 4.69) is 5.32 Å². The van der Waals surface area contributed by atoms with Crippen molar-refractivity contribution < 1.29 is 5.11 Å². The third-order valence-corrected chi connectivity index (χ3v) is 3.00. The van der Waals surface area contributed by atoms with Crippen LogP contribution in [0, 0.1) is 0 Å². The van der Waals surface area contributed by atoms with E-state index in [4.69, 9.17) is 28.3 Å². The van der Waals surface area contributed by atoms with Gasteiger partial charge in [-0.15, -0.1) is 0 Å². The van der Waals surface area contributed by atoms with E-state index in [1.807, 2.05) is 19.1 Å². The molecule has 1 unspecified atom stereocenters. The number of rotatable bonds is 4. The quantitative estimate of drug-likeness (QED) is 0.858. The molecule has 0 amide bonds. The highest BCUT2D eigenvalue weighted by Crippen LogP contribution is 2.29. The van der Waals surface area contributed by atoms with Crippen molar-refractivity contribution in [3.8, 4) is 0 Å². The van der Waals surface area contributed by atoms with Gasteiger partial charge in [0.25, 0.3) is 0 Å². The summed E-state index contributed by atoms with van der Waals surface area (Å²) in [5.41, 5.74) is 0.949. The second kappa shape index (κ2) is 5.71. The van der Waals surface area contributed by atoms with Crippen LogP contribution in [0.1, 0.15) is 25.5 Å². The Labute approximate surface area is 100 Å². The summed E-state index contributed by atoms with van der Waals surface area (Å²) in [6.45, 7) is 4.25. The standard InChI is InChI=1S/C11H15Cl2NO/c1-7(15)6-14-8(2)9-4-3-5-10(12)11(9)13/h3-5,7-8,14-15H,6H2,1-2H3/t7-,8?/m0/s1. The Balaban J connectivity index is 2.73. The van der Waals surface area contributed by atoms with Crippen LogP contribution in [0.15, 0.2) is 18.2 Å². The van der Waals surface area contributed by atoms with Crippen LogP contribution in [0.25, 0.3) is 0 Å². The highest BCUT2D eigenvalue weighted by atomic mass is 35.5. The first-order chi connectivity index (χ1) is 7.02. The van der Waals surface area contributed by atoms with Crippen LogP contribution < -0.4 is 5.32 Å². The van der Waals surface area contributed by atoms with Gasteiger partial charge in [-0.3, -0.25) is 0 Å². The van der Waals surface area contributed by atoms with E-state index in [0.717, 1.165) is 5.56 Å². The molecule has 0 aliphatic rings. The van der Waals surface area contributed by atoms with Crippen LogP contribution in [-0.2, 0) is 0 Å². The van der Waals surface area contributed by atoms with Gasteiger partial charge in [0.05, 0.1) is 16.1 Å². The molecular formula is C11H15Cl2NO. The van der Waals surface area contributed by atoms with E-state index in [1.54, 1.807) is 13.0 Å². The third kappa shape index (κ3) is 3.65. The molecule has 0 aromatic heterocycles. The molecule has 0 aliphatic carbocycles. The maximum absolute atomic E-state index is 9.15. The van der Waals surface area contributed by atoms with Crippen molar-refractivity contribution in [2.24, 2.45) is 0 Å². The number of halogens is 2. The molecule has 1 aromatic rings. The molecule has 2 nitrogen and oxygen atoms in total. The predicted octanol–water partition coefficient (Wildman–Crippen LogP) is 3.02. The van der Waals surface area contributed by atoms with Gasteiger partial charge in [0.1, 0.15) is 0 Å². The molecule has 2 N–H and O–H groups in total. The Bertz CT molecular complexity index is 328. The second-order valence-electron chi connectivity index (χ2n) is 3.62. The highest BCUT2D eigenvalue weighted by molar-refractivity contribution is 6.42. The first kappa shape index (κ1) is 12.8. The van der Waals surface area contributed by atoms with Crippen molar-refractivity contribution in [3.05, 3.63) is 33.8 Å². The van der Waals surface area contributed by atoms with Crippen LogP contribution in [0.3, 0.4) is 0 Å². The molecule has 0 heterocycles. The lowest BCUT2D eigenvalue weighted by molar-refractivity contribution is 0.187. The maximum Gasteiger partial charge on any atom is 0.0639 e. The third-order valence-electron chi connectivity index (χ3n) is 2.17. The van der Waals surface area contributed by atoms with Crippen LogP contribution in [0.5, 0.6) is 0 Å². The van der Waals surface area contributed by atoms with Gasteiger partial charge in [-0.1, -0.05) is 35.3 Å². The lowest BCUT2D eigenvalue weighted by Crippen LogP contribution is -2.27. The van der Waals surface area contributed by atoms with Gasteiger partial charge in [0, 0.05) is 12.6 Å². The van der Waals surface area contributed by atoms with E-state index in [-0.39, 0.29) is 12.1 Å². The Morgan fingerprint density at radius 1 is 1.33 bits per heavy atom. The molecule has 15 heavy (non-hydrogen) atoms. The Hall–Kier alpha value is -0.280. The fourth-order valence-electron chi connectivity index (χ4n) is 1.31. The molecule has 1 aromatic carbocycles. The molecular weight excluding hydrogens is 233 g/mol. The van der Waals surface area contributed by atoms with Crippen LogP contribution >= 0.6 is 23.2 Å². The van der Waals surface area contributed by atoms with Crippen LogP contribution in [0.2, 0.25) is 10.0 Å². The van der Waals surface area contributed by atoms with Crippen LogP contribution in [-0.4, -0.2) is 17.8 Å². The van der Waals surface area contributed by atoms with Crippen molar-refractivity contribution >= 4 is 23.2 Å². The molecule has 0 fully saturated rings. The lowest BCUT2D eigenvalue weighted by atomic mass is 10.1. The SMILES string of the molecule is CC(NC[C@H](C)O)c1cccc(Cl)c1Cl. The molecule has 0 saturated carbocycles. The zero-order chi connectivity index (χ0) is 11.4. The Kier molecular flexibility index (Phi) is 4.87. The van der Waals surface area contributed by atoms with Crippen LogP contribution in [0.4, 0.5) is 0 Å². The molecule has 2 atom stereocenters. The molecule has 84 valence electrons. The highest BCUT2D eigenvalue weighted by Gasteiger charge is 2.11. The average Bonchev–Trinajstić information content (AvgIpc) is 2.18. The van der Waals surface area contributed by atoms with E-state index in [9.17, 15) is 0 Å². The minimum absolute atomic E-state index is 0.0748. The van der Waals surface area contributed by atoms with E-state index in [1.165, 1.54) is 0 Å². The van der Waals surface area contributed by atoms with E-state index < -0.39 is 0 Å². The second-order valence-corrected chi connectivity index (χ2v) is 4.41. The smallest absolute Gasteiger partial charge is 0.0639 e. The minimum Gasteiger partial charge on any atom is -0.392 e. The zero-order valence-electron chi connectivity index (χ0n) is 8.80. The Morgan fingerprint density at radius 3 is 2.60 bits per heavy atom. The molecule has 0 radical (unpaired) electrons. The zero-order valence-corrected chi connectivity index (χ0v) is 10.3. The summed E-state index contributed by atoms with van der Waals surface area (Å²) in [4.78, 5) is 0. The summed E-state index contributed by atoms with van der Waals surface area (Å²) >= 11 is 12.0. The van der Waals surface area contributed by atoms with Gasteiger partial charge < -0.3 is 10.4 Å². The predicted molar refractivity (Wildman–Crippen MR) is 64.6 cm³/mol. The minimum atomic E-state index is -0.370. The summed E-state index contributed by atoms with van der Waals surface area (Å²) in [6.07, 6.45) is -0.370. The van der Waals surface area contributed by atoms with E-state index in [0.29, 0.717) is 16.6 Å². The topological polar surface area (TPSA) is 32.3 Å². The number of hydrogen-bond acceptors (Lipinski definition) is 2. The summed E-state index contributed by atoms with van der Waals surface area (Å²) in [5.74, 6) is 0. The van der Waals surface area contributed by atoms with Gasteiger partial charge in [-0.25, -0.2) is 0 Å². The van der Waals surface area contributed by atoms with Gasteiger partial charge >= 0.3 is 0 Å². The number of benzene rings is 1. The van der Waals surface area contributed by atoms with Gasteiger partial charge in [0.2, 0.25) is 0 Å². The van der Waals surface area contributed by atoms with Gasteiger partial charge in [-0.2, -0.15) is 0 Å². The fourth-order valence-corrected chi connectivity index (χ4v) is 1.78. The van der Waals surface area contributed by atoms with Crippen molar-refractivity contribution in [3.63, 3.8) is 0 Å². The summed E-state index contributed by atoms with van der Waals surface area (Å²) in [6, 6.07) is 5.62. The molecule has 4 heteroatoms. The summed E-state index contributed by atoms with van der Waals surface area (Å²) in [7, 11) is 0. The molecule has 0 aliphatic heterocycles. The lowest BCUT2D eigenvalue weighted by Gasteiger charge is -2.17. The van der Waals surface area contributed by atoms with Crippen molar-refractivity contribution in [1.82, 2.24) is 5.32 Å². The van der Waals surface area contributed by atoms with E-state index >= 15 is 0 Å². The monoisotopic (exact) mass is 247 g/mol. The molecule has 1 rings (SSSR count). The average molecular weight is 248 g/mol. The largest absolute Gasteiger partial charge is 0.392 e. The first-order valence-corrected chi connectivity index (χ1v) is 5.63. The van der Waals surface area contributed by atoms with Gasteiger partial charge in [-0.05, 0) is 25.5 Å². The number of hydrogen-bond donors (Lipinski definition) is 2. The summed E-state index contributed by atoms with van der Waals surface area (Å²) < 4.78 is 0. The van der Waals surface area contributed by atoms with Crippen molar-refractivity contribution in [2.45, 2.75) is 26.0 Å². The van der Waals surface area contributed by atoms with Gasteiger partial charge in [0.15, 0.2) is 0 Å². The first-order valence-electron chi connectivity index (χ1n) is 4.87. The maximum atomic E-state index is 9.15. The molecule has 0 spiro atoms. The summed E-state index contributed by atoms with van der Waals surface area (Å²) in [5, 5.41) is 13.5. The van der Waals surface area contributed by atoms with Crippen molar-refractivity contribution in [2.75, 3.05) is 6.54 Å². The number of aliphatic hydroxyl groups is 1.